The van der Waals surface area contributed by atoms with E-state index in [-0.39, 0.29) is 5.69 Å². The molecular weight excluding hydrogens is 348 g/mol. The molecule has 28 heavy (non-hydrogen) atoms. The molecule has 0 radical (unpaired) electrons. The lowest BCUT2D eigenvalue weighted by molar-refractivity contribution is 0.824. The quantitative estimate of drug-likeness (QED) is 0.553. The maximum absolute atomic E-state index is 12.7. The molecule has 0 saturated carbocycles. The third kappa shape index (κ3) is 2.68. The van der Waals surface area contributed by atoms with E-state index in [1.807, 2.05) is 54.9 Å². The molecule has 0 amide bonds. The molecule has 0 saturated heterocycles. The summed E-state index contributed by atoms with van der Waals surface area (Å²) in [6.07, 6.45) is 10.6. The van der Waals surface area contributed by atoms with Crippen molar-refractivity contribution in [2.75, 3.05) is 0 Å². The molecule has 0 fully saturated rings. The monoisotopic (exact) mass is 366 g/mol. The van der Waals surface area contributed by atoms with Crippen LogP contribution in [0.2, 0.25) is 0 Å². The van der Waals surface area contributed by atoms with Gasteiger partial charge in [0.1, 0.15) is 0 Å². The highest BCUT2D eigenvalue weighted by molar-refractivity contribution is 5.72. The van der Waals surface area contributed by atoms with Crippen molar-refractivity contribution in [3.05, 3.63) is 94.9 Å². The lowest BCUT2D eigenvalue weighted by atomic mass is 10.0. The van der Waals surface area contributed by atoms with Crippen LogP contribution in [-0.4, -0.2) is 19.1 Å². The Balaban J connectivity index is 1.64. The van der Waals surface area contributed by atoms with E-state index in [0.717, 1.165) is 45.9 Å². The van der Waals surface area contributed by atoms with Gasteiger partial charge in [0.05, 0.1) is 22.8 Å². The molecule has 1 aliphatic rings. The number of pyridine rings is 2. The van der Waals surface area contributed by atoms with Crippen molar-refractivity contribution in [2.45, 2.75) is 6.42 Å². The average Bonchev–Trinajstić information content (AvgIpc) is 3.33. The summed E-state index contributed by atoms with van der Waals surface area (Å²) in [7, 11) is 1.76. The van der Waals surface area contributed by atoms with Crippen LogP contribution in [0.4, 0.5) is 0 Å². The lowest BCUT2D eigenvalue weighted by Crippen LogP contribution is -2.21. The Bertz CT molecular complexity index is 1270. The van der Waals surface area contributed by atoms with Gasteiger partial charge in [-0.1, -0.05) is 30.4 Å². The predicted molar refractivity (Wildman–Crippen MR) is 110 cm³/mol. The fraction of sp³-hybridized carbons (Fsp3) is 0.0870. The summed E-state index contributed by atoms with van der Waals surface area (Å²) in [4.78, 5) is 21.8. The number of nitrogens with zero attached hydrogens (tertiary/aromatic N) is 4. The summed E-state index contributed by atoms with van der Waals surface area (Å²) < 4.78 is 3.27. The fourth-order valence-electron chi connectivity index (χ4n) is 3.59. The van der Waals surface area contributed by atoms with Crippen LogP contribution in [0, 0.1) is 0 Å². The minimum Gasteiger partial charge on any atom is -0.301 e. The molecule has 0 bridgehead atoms. The number of para-hydroxylation sites is 1. The van der Waals surface area contributed by atoms with Crippen LogP contribution in [0.15, 0.2) is 78.0 Å². The molecule has 0 unspecified atom stereocenters. The normalized spacial score (nSPS) is 12.3. The van der Waals surface area contributed by atoms with Crippen molar-refractivity contribution in [3.8, 4) is 28.2 Å². The van der Waals surface area contributed by atoms with Crippen molar-refractivity contribution in [1.29, 1.82) is 0 Å². The number of imidazole rings is 1. The highest BCUT2D eigenvalue weighted by Crippen LogP contribution is 2.28. The van der Waals surface area contributed by atoms with Crippen LogP contribution in [0.25, 0.3) is 34.3 Å². The summed E-state index contributed by atoms with van der Waals surface area (Å²) in [5, 5.41) is 0. The van der Waals surface area contributed by atoms with Gasteiger partial charge in [-0.05, 0) is 41.5 Å². The zero-order chi connectivity index (χ0) is 19.1. The van der Waals surface area contributed by atoms with Gasteiger partial charge in [-0.15, -0.1) is 0 Å². The molecule has 0 N–H and O–H groups in total. The number of fused-ring (bicyclic) bond motifs is 1. The Hall–Kier alpha value is -3.73. The van der Waals surface area contributed by atoms with Gasteiger partial charge in [-0.25, -0.2) is 4.79 Å². The lowest BCUT2D eigenvalue weighted by Gasteiger charge is -2.09. The molecular formula is C23H18N4O. The van der Waals surface area contributed by atoms with Crippen LogP contribution in [0.5, 0.6) is 0 Å². The molecule has 136 valence electrons. The van der Waals surface area contributed by atoms with Gasteiger partial charge < -0.3 is 4.57 Å². The zero-order valence-electron chi connectivity index (χ0n) is 15.4. The summed E-state index contributed by atoms with van der Waals surface area (Å²) in [5.41, 5.74) is 6.56. The van der Waals surface area contributed by atoms with Crippen molar-refractivity contribution in [2.24, 2.45) is 7.05 Å². The maximum Gasteiger partial charge on any atom is 0.333 e. The van der Waals surface area contributed by atoms with Crippen molar-refractivity contribution in [3.63, 3.8) is 0 Å². The van der Waals surface area contributed by atoms with Crippen LogP contribution in [0.1, 0.15) is 11.3 Å². The number of hydrogen-bond donors (Lipinski definition) is 0. The Morgan fingerprint density at radius 2 is 1.86 bits per heavy atom. The van der Waals surface area contributed by atoms with Crippen LogP contribution in [0.3, 0.4) is 0 Å². The van der Waals surface area contributed by atoms with E-state index in [4.69, 9.17) is 0 Å². The van der Waals surface area contributed by atoms with E-state index in [9.17, 15) is 4.79 Å². The molecule has 3 aromatic heterocycles. The van der Waals surface area contributed by atoms with Crippen LogP contribution >= 0.6 is 0 Å². The van der Waals surface area contributed by atoms with Gasteiger partial charge in [0.15, 0.2) is 0 Å². The summed E-state index contributed by atoms with van der Waals surface area (Å²) >= 11 is 0. The fourth-order valence-corrected chi connectivity index (χ4v) is 3.59. The number of benzene rings is 1. The maximum atomic E-state index is 12.7. The van der Waals surface area contributed by atoms with E-state index in [1.54, 1.807) is 22.4 Å². The summed E-state index contributed by atoms with van der Waals surface area (Å²) in [6.45, 7) is 0. The molecule has 0 spiro atoms. The standard InChI is InChI=1S/C23H18N4O/c1-26-15-22(27(23(26)28)19-7-3-2-4-8-19)21-13-16(10-11-24-21)18-12-17-6-5-9-20(17)25-14-18/h2-8,10-15H,9H2,1H3. The third-order valence-corrected chi connectivity index (χ3v) is 5.03. The van der Waals surface area contributed by atoms with Crippen LogP contribution in [-0.2, 0) is 13.5 Å². The third-order valence-electron chi connectivity index (χ3n) is 5.03. The average molecular weight is 366 g/mol. The highest BCUT2D eigenvalue weighted by atomic mass is 16.1. The Kier molecular flexibility index (Phi) is 3.79. The van der Waals surface area contributed by atoms with Crippen molar-refractivity contribution >= 4 is 6.08 Å². The second-order valence-corrected chi connectivity index (χ2v) is 6.87. The van der Waals surface area contributed by atoms with E-state index in [0.29, 0.717) is 0 Å². The molecule has 3 heterocycles. The number of aryl methyl sites for hydroxylation is 1. The summed E-state index contributed by atoms with van der Waals surface area (Å²) in [6, 6.07) is 15.8. The number of rotatable bonds is 3. The molecule has 4 aromatic rings. The first kappa shape index (κ1) is 16.4. The SMILES string of the molecule is Cn1cc(-c2cc(-c3cnc4c(c3)C=CC4)ccn2)n(-c2ccccc2)c1=O. The number of allylic oxidation sites excluding steroid dienone is 1. The van der Waals surface area contributed by atoms with E-state index in [1.165, 1.54) is 0 Å². The number of hydrogen-bond acceptors (Lipinski definition) is 3. The second-order valence-electron chi connectivity index (χ2n) is 6.87. The largest absolute Gasteiger partial charge is 0.333 e. The second kappa shape index (κ2) is 6.46. The minimum atomic E-state index is -0.0993. The molecule has 5 rings (SSSR count). The Morgan fingerprint density at radius 3 is 2.71 bits per heavy atom. The molecule has 0 atom stereocenters. The summed E-state index contributed by atoms with van der Waals surface area (Å²) in [5.74, 6) is 0. The Labute approximate surface area is 162 Å². The van der Waals surface area contributed by atoms with Gasteiger partial charge in [-0.3, -0.25) is 14.5 Å². The first-order chi connectivity index (χ1) is 13.7. The number of aromatic nitrogens is 4. The van der Waals surface area contributed by atoms with Crippen LogP contribution < -0.4 is 5.69 Å². The first-order valence-corrected chi connectivity index (χ1v) is 9.17. The minimum absolute atomic E-state index is 0.0993. The van der Waals surface area contributed by atoms with Crippen molar-refractivity contribution in [1.82, 2.24) is 19.1 Å². The van der Waals surface area contributed by atoms with Gasteiger partial charge >= 0.3 is 5.69 Å². The van der Waals surface area contributed by atoms with Gasteiger partial charge in [-0.2, -0.15) is 0 Å². The smallest absolute Gasteiger partial charge is 0.301 e. The van der Waals surface area contributed by atoms with E-state index in [2.05, 4.69) is 28.2 Å². The molecule has 1 aromatic carbocycles. The van der Waals surface area contributed by atoms with Gasteiger partial charge in [0, 0.05) is 37.6 Å². The van der Waals surface area contributed by atoms with E-state index < -0.39 is 0 Å². The molecule has 5 nitrogen and oxygen atoms in total. The molecule has 1 aliphatic carbocycles. The predicted octanol–water partition coefficient (Wildman–Crippen LogP) is 3.87. The van der Waals surface area contributed by atoms with E-state index >= 15 is 0 Å². The highest BCUT2D eigenvalue weighted by Gasteiger charge is 2.15. The Morgan fingerprint density at radius 1 is 1.00 bits per heavy atom. The molecule has 5 heteroatoms. The van der Waals surface area contributed by atoms with Crippen molar-refractivity contribution < 1.29 is 0 Å². The molecule has 0 aliphatic heterocycles. The topological polar surface area (TPSA) is 52.7 Å². The zero-order valence-corrected chi connectivity index (χ0v) is 15.4. The van der Waals surface area contributed by atoms with Gasteiger partial charge in [0.25, 0.3) is 0 Å². The first-order valence-electron chi connectivity index (χ1n) is 9.17. The van der Waals surface area contributed by atoms with Gasteiger partial charge in [0.2, 0.25) is 0 Å².